The predicted octanol–water partition coefficient (Wildman–Crippen LogP) is 5.62. The Kier molecular flexibility index (Phi) is 7.21. The van der Waals surface area contributed by atoms with Crippen molar-refractivity contribution in [2.75, 3.05) is 11.9 Å². The zero-order valence-electron chi connectivity index (χ0n) is 20.5. The van der Waals surface area contributed by atoms with Gasteiger partial charge in [0.15, 0.2) is 0 Å². The first-order chi connectivity index (χ1) is 17.9. The molecule has 3 heterocycles. The standard InChI is InChI=1S/C29H26N4O2S2/c1-19-10-9-17-32-26(19)31-25(30-16-15-21-11-5-3-6-12-21)23(27(32)34)18-24-28(35)33(29(36)37-24)20(2)22-13-7-4-8-14-22/h3-14,17-18,20,30H,15-16H2,1-2H3/b24-18+/t20-/m0/s1. The van der Waals surface area contributed by atoms with E-state index in [2.05, 4.69) is 17.4 Å². The Balaban J connectivity index is 1.51. The molecular weight excluding hydrogens is 500 g/mol. The Hall–Kier alpha value is -3.75. The molecule has 0 aliphatic carbocycles. The van der Waals surface area contributed by atoms with Crippen LogP contribution in [0.4, 0.5) is 5.82 Å². The lowest BCUT2D eigenvalue weighted by Crippen LogP contribution is -2.31. The number of amides is 1. The van der Waals surface area contributed by atoms with Crippen molar-refractivity contribution >= 4 is 51.7 Å². The molecule has 8 heteroatoms. The van der Waals surface area contributed by atoms with E-state index >= 15 is 0 Å². The molecule has 1 aliphatic heterocycles. The molecule has 1 saturated heterocycles. The minimum Gasteiger partial charge on any atom is -0.369 e. The molecule has 1 atom stereocenters. The van der Waals surface area contributed by atoms with Gasteiger partial charge in [0.2, 0.25) is 0 Å². The molecule has 186 valence electrons. The van der Waals surface area contributed by atoms with E-state index in [1.807, 2.05) is 74.5 Å². The number of thiocarbonyl (C=S) groups is 1. The van der Waals surface area contributed by atoms with E-state index in [1.54, 1.807) is 17.2 Å². The van der Waals surface area contributed by atoms with Crippen molar-refractivity contribution in [1.82, 2.24) is 14.3 Å². The summed E-state index contributed by atoms with van der Waals surface area (Å²) in [5.41, 5.74) is 3.74. The number of hydrogen-bond acceptors (Lipinski definition) is 6. The van der Waals surface area contributed by atoms with Crippen LogP contribution in [0.25, 0.3) is 11.7 Å². The highest BCUT2D eigenvalue weighted by atomic mass is 32.2. The van der Waals surface area contributed by atoms with Gasteiger partial charge in [-0.15, -0.1) is 0 Å². The molecule has 2 aromatic heterocycles. The SMILES string of the molecule is Cc1cccn2c(=O)c(/C=C3/SC(=S)N([C@@H](C)c4ccccc4)C3=O)c(NCCc3ccccc3)nc12. The molecule has 1 aliphatic rings. The maximum atomic E-state index is 13.6. The fourth-order valence-corrected chi connectivity index (χ4v) is 5.77. The number of carbonyl (C=O) groups excluding carboxylic acids is 1. The lowest BCUT2D eigenvalue weighted by molar-refractivity contribution is -0.123. The van der Waals surface area contributed by atoms with Crippen molar-refractivity contribution in [3.63, 3.8) is 0 Å². The van der Waals surface area contributed by atoms with Crippen molar-refractivity contribution in [2.24, 2.45) is 0 Å². The average molecular weight is 527 g/mol. The van der Waals surface area contributed by atoms with Gasteiger partial charge in [-0.2, -0.15) is 0 Å². The van der Waals surface area contributed by atoms with Crippen LogP contribution in [0.3, 0.4) is 0 Å². The Labute approximate surface area is 225 Å². The summed E-state index contributed by atoms with van der Waals surface area (Å²) < 4.78 is 1.99. The lowest BCUT2D eigenvalue weighted by atomic mass is 10.1. The highest BCUT2D eigenvalue weighted by Crippen LogP contribution is 2.38. The number of anilines is 1. The Morgan fingerprint density at radius 3 is 2.46 bits per heavy atom. The number of aromatic nitrogens is 2. The van der Waals surface area contributed by atoms with Crippen LogP contribution in [0, 0.1) is 6.92 Å². The molecule has 5 rings (SSSR count). The van der Waals surface area contributed by atoms with Crippen LogP contribution in [-0.4, -0.2) is 31.1 Å². The molecular formula is C29H26N4O2S2. The van der Waals surface area contributed by atoms with E-state index in [1.165, 1.54) is 21.7 Å². The van der Waals surface area contributed by atoms with Gasteiger partial charge in [-0.3, -0.25) is 18.9 Å². The monoisotopic (exact) mass is 526 g/mol. The molecule has 1 fully saturated rings. The van der Waals surface area contributed by atoms with Crippen molar-refractivity contribution in [1.29, 1.82) is 0 Å². The zero-order valence-corrected chi connectivity index (χ0v) is 22.2. The van der Waals surface area contributed by atoms with Gasteiger partial charge < -0.3 is 5.32 Å². The summed E-state index contributed by atoms with van der Waals surface area (Å²) in [4.78, 5) is 33.9. The van der Waals surface area contributed by atoms with Gasteiger partial charge in [0.05, 0.1) is 16.5 Å². The minimum absolute atomic E-state index is 0.213. The second kappa shape index (κ2) is 10.7. The van der Waals surface area contributed by atoms with Crippen LogP contribution < -0.4 is 10.9 Å². The number of rotatable bonds is 7. The minimum atomic E-state index is -0.239. The number of hydrogen-bond donors (Lipinski definition) is 1. The first-order valence-electron chi connectivity index (χ1n) is 12.1. The van der Waals surface area contributed by atoms with E-state index in [0.29, 0.717) is 32.8 Å². The van der Waals surface area contributed by atoms with Gasteiger partial charge in [-0.05, 0) is 49.1 Å². The van der Waals surface area contributed by atoms with Gasteiger partial charge in [0.1, 0.15) is 15.8 Å². The first-order valence-corrected chi connectivity index (χ1v) is 13.3. The Morgan fingerprint density at radius 2 is 1.73 bits per heavy atom. The van der Waals surface area contributed by atoms with E-state index < -0.39 is 0 Å². The van der Waals surface area contributed by atoms with Crippen molar-refractivity contribution in [3.8, 4) is 0 Å². The summed E-state index contributed by atoms with van der Waals surface area (Å²) >= 11 is 6.80. The smallest absolute Gasteiger partial charge is 0.267 e. The largest absolute Gasteiger partial charge is 0.369 e. The van der Waals surface area contributed by atoms with Crippen LogP contribution in [0.15, 0.2) is 88.7 Å². The van der Waals surface area contributed by atoms with E-state index in [0.717, 1.165) is 17.5 Å². The number of pyridine rings is 1. The third kappa shape index (κ3) is 5.08. The zero-order chi connectivity index (χ0) is 25.9. The molecule has 4 aromatic rings. The number of fused-ring (bicyclic) bond motifs is 1. The summed E-state index contributed by atoms with van der Waals surface area (Å²) in [6.45, 7) is 4.46. The Morgan fingerprint density at radius 1 is 1.03 bits per heavy atom. The highest BCUT2D eigenvalue weighted by molar-refractivity contribution is 8.26. The molecule has 0 bridgehead atoms. The number of nitrogens with one attached hydrogen (secondary N) is 1. The van der Waals surface area contributed by atoms with Gasteiger partial charge >= 0.3 is 0 Å². The van der Waals surface area contributed by atoms with Crippen LogP contribution in [0.1, 0.15) is 35.2 Å². The molecule has 1 N–H and O–H groups in total. The summed E-state index contributed by atoms with van der Waals surface area (Å²) in [5, 5.41) is 3.35. The quantitative estimate of drug-likeness (QED) is 0.249. The van der Waals surface area contributed by atoms with Crippen molar-refractivity contribution in [3.05, 3.63) is 117 Å². The number of nitrogens with zero attached hydrogens (tertiary/aromatic N) is 3. The van der Waals surface area contributed by atoms with Crippen molar-refractivity contribution < 1.29 is 4.79 Å². The molecule has 0 saturated carbocycles. The molecule has 0 radical (unpaired) electrons. The number of benzene rings is 2. The predicted molar refractivity (Wildman–Crippen MR) is 155 cm³/mol. The summed E-state index contributed by atoms with van der Waals surface area (Å²) in [5.74, 6) is 0.243. The van der Waals surface area contributed by atoms with E-state index in [9.17, 15) is 9.59 Å². The molecule has 6 nitrogen and oxygen atoms in total. The normalized spacial score (nSPS) is 15.5. The number of carbonyl (C=O) groups is 1. The second-order valence-corrected chi connectivity index (χ2v) is 10.5. The first kappa shape index (κ1) is 24.9. The maximum absolute atomic E-state index is 13.6. The van der Waals surface area contributed by atoms with Crippen LogP contribution in [0.2, 0.25) is 0 Å². The van der Waals surface area contributed by atoms with Gasteiger partial charge in [-0.25, -0.2) is 4.98 Å². The highest BCUT2D eigenvalue weighted by Gasteiger charge is 2.36. The van der Waals surface area contributed by atoms with E-state index in [4.69, 9.17) is 17.2 Å². The van der Waals surface area contributed by atoms with Gasteiger partial charge in [0, 0.05) is 12.7 Å². The lowest BCUT2D eigenvalue weighted by Gasteiger charge is -2.23. The van der Waals surface area contributed by atoms with Gasteiger partial charge in [-0.1, -0.05) is 90.7 Å². The summed E-state index contributed by atoms with van der Waals surface area (Å²) in [7, 11) is 0. The molecule has 37 heavy (non-hydrogen) atoms. The van der Waals surface area contributed by atoms with Crippen LogP contribution in [-0.2, 0) is 11.2 Å². The van der Waals surface area contributed by atoms with Crippen molar-refractivity contribution in [2.45, 2.75) is 26.3 Å². The van der Waals surface area contributed by atoms with E-state index in [-0.39, 0.29) is 17.5 Å². The average Bonchev–Trinajstić information content (AvgIpc) is 3.19. The molecule has 0 unspecified atom stereocenters. The molecule has 2 aromatic carbocycles. The summed E-state index contributed by atoms with van der Waals surface area (Å²) in [6.07, 6.45) is 4.10. The second-order valence-electron chi connectivity index (χ2n) is 8.86. The number of thioether (sulfide) groups is 1. The van der Waals surface area contributed by atoms with Gasteiger partial charge in [0.25, 0.3) is 11.5 Å². The Bertz CT molecular complexity index is 1570. The maximum Gasteiger partial charge on any atom is 0.267 e. The third-order valence-corrected chi connectivity index (χ3v) is 7.73. The molecule has 1 amide bonds. The number of aryl methyl sites for hydroxylation is 1. The summed E-state index contributed by atoms with van der Waals surface area (Å²) in [6, 6.07) is 23.4. The van der Waals surface area contributed by atoms with Crippen LogP contribution >= 0.6 is 24.0 Å². The fourth-order valence-electron chi connectivity index (χ4n) is 4.37. The van der Waals surface area contributed by atoms with Crippen LogP contribution in [0.5, 0.6) is 0 Å². The topological polar surface area (TPSA) is 66.7 Å². The molecule has 0 spiro atoms. The fraction of sp³-hybridized carbons (Fsp3) is 0.172. The third-order valence-electron chi connectivity index (χ3n) is 6.40.